The van der Waals surface area contributed by atoms with Crippen molar-refractivity contribution in [2.75, 3.05) is 0 Å². The Morgan fingerprint density at radius 3 is 2.77 bits per heavy atom. The lowest BCUT2D eigenvalue weighted by Gasteiger charge is -2.39. The summed E-state index contributed by atoms with van der Waals surface area (Å²) >= 11 is 0. The molecule has 2 aromatic rings. The number of carbonyl (C=O) groups is 1. The molecule has 0 saturated heterocycles. The van der Waals surface area contributed by atoms with Crippen molar-refractivity contribution < 1.29 is 18.7 Å². The third kappa shape index (κ3) is 3.28. The summed E-state index contributed by atoms with van der Waals surface area (Å²) in [5, 5.41) is 3.78. The van der Waals surface area contributed by atoms with Gasteiger partial charge in [0.05, 0.1) is 0 Å². The van der Waals surface area contributed by atoms with Crippen LogP contribution < -0.4 is 15.7 Å². The molecule has 1 atom stereocenters. The van der Waals surface area contributed by atoms with Gasteiger partial charge in [-0.25, -0.2) is 9.59 Å². The molecule has 26 heavy (non-hydrogen) atoms. The summed E-state index contributed by atoms with van der Waals surface area (Å²) < 4.78 is 17.0. The second-order valence-corrected chi connectivity index (χ2v) is 7.68. The third-order valence-electron chi connectivity index (χ3n) is 5.28. The highest BCUT2D eigenvalue weighted by atomic mass is 16.6. The molecule has 1 amide bonds. The van der Waals surface area contributed by atoms with Gasteiger partial charge in [0.2, 0.25) is 0 Å². The molecule has 1 N–H and O–H groups in total. The number of rotatable bonds is 2. The highest BCUT2D eigenvalue weighted by Crippen LogP contribution is 2.37. The topological polar surface area (TPSA) is 77.8 Å². The molecular weight excluding hydrogens is 334 g/mol. The van der Waals surface area contributed by atoms with Crippen LogP contribution in [0.4, 0.5) is 4.79 Å². The number of hydrogen-bond acceptors (Lipinski definition) is 5. The summed E-state index contributed by atoms with van der Waals surface area (Å²) in [6.07, 6.45) is 4.10. The minimum absolute atomic E-state index is 0.217. The number of amides is 1. The zero-order chi connectivity index (χ0) is 18.3. The van der Waals surface area contributed by atoms with Crippen molar-refractivity contribution in [2.24, 2.45) is 0 Å². The molecule has 0 bridgehead atoms. The Morgan fingerprint density at radius 1 is 1.23 bits per heavy atom. The van der Waals surface area contributed by atoms with Crippen LogP contribution in [-0.4, -0.2) is 23.8 Å². The van der Waals surface area contributed by atoms with Crippen molar-refractivity contribution in [3.05, 3.63) is 40.2 Å². The summed E-state index contributed by atoms with van der Waals surface area (Å²) in [4.78, 5) is 23.7. The Morgan fingerprint density at radius 2 is 2.00 bits per heavy atom. The first kappa shape index (κ1) is 16.9. The Labute approximate surface area is 151 Å². The lowest BCUT2D eigenvalue weighted by molar-refractivity contribution is -0.0500. The molecule has 1 fully saturated rings. The maximum Gasteiger partial charge on any atom is 0.407 e. The van der Waals surface area contributed by atoms with E-state index in [0.717, 1.165) is 36.6 Å². The van der Waals surface area contributed by atoms with E-state index in [9.17, 15) is 9.59 Å². The maximum absolute atomic E-state index is 12.3. The van der Waals surface area contributed by atoms with Gasteiger partial charge in [-0.3, -0.25) is 0 Å². The second kappa shape index (κ2) is 6.34. The molecule has 1 aromatic carbocycles. The fourth-order valence-electron chi connectivity index (χ4n) is 3.78. The van der Waals surface area contributed by atoms with Crippen LogP contribution in [0.5, 0.6) is 5.75 Å². The molecule has 0 spiro atoms. The average Bonchev–Trinajstić information content (AvgIpc) is 3.06. The van der Waals surface area contributed by atoms with Crippen LogP contribution in [0.25, 0.3) is 11.0 Å². The Kier molecular flexibility index (Phi) is 4.13. The van der Waals surface area contributed by atoms with Gasteiger partial charge in [0.1, 0.15) is 23.0 Å². The van der Waals surface area contributed by atoms with Gasteiger partial charge in [-0.1, -0.05) is 12.8 Å². The summed E-state index contributed by atoms with van der Waals surface area (Å²) in [5.74, 6) is 0.660. The highest BCUT2D eigenvalue weighted by Gasteiger charge is 2.40. The number of fused-ring (bicyclic) bond motifs is 2. The molecule has 2 heterocycles. The first-order valence-corrected chi connectivity index (χ1v) is 9.14. The number of benzene rings is 1. The van der Waals surface area contributed by atoms with Crippen LogP contribution in [0.3, 0.4) is 0 Å². The van der Waals surface area contributed by atoms with Gasteiger partial charge in [0.25, 0.3) is 0 Å². The highest BCUT2D eigenvalue weighted by molar-refractivity contribution is 5.79. The van der Waals surface area contributed by atoms with Gasteiger partial charge in [0.15, 0.2) is 0 Å². The summed E-state index contributed by atoms with van der Waals surface area (Å²) in [6.45, 7) is 3.80. The summed E-state index contributed by atoms with van der Waals surface area (Å²) in [7, 11) is 0. The van der Waals surface area contributed by atoms with E-state index in [1.165, 1.54) is 6.07 Å². The molecule has 6 heteroatoms. The predicted molar refractivity (Wildman–Crippen MR) is 96.6 cm³/mol. The smallest absolute Gasteiger partial charge is 0.407 e. The molecule has 1 saturated carbocycles. The van der Waals surface area contributed by atoms with Gasteiger partial charge in [0, 0.05) is 30.0 Å². The SMILES string of the molecule is CC1(C)Oc2cc3oc(=O)ccc3cc2CC1OC(=O)NC1CCCC1. The molecule has 4 rings (SSSR count). The normalized spacial score (nSPS) is 21.8. The Hall–Kier alpha value is -2.50. The van der Waals surface area contributed by atoms with Gasteiger partial charge in [-0.2, -0.15) is 0 Å². The van der Waals surface area contributed by atoms with Gasteiger partial charge >= 0.3 is 11.7 Å². The van der Waals surface area contributed by atoms with Crippen molar-refractivity contribution in [1.29, 1.82) is 0 Å². The molecule has 1 unspecified atom stereocenters. The van der Waals surface area contributed by atoms with Crippen LogP contribution in [0.15, 0.2) is 33.5 Å². The molecule has 2 aliphatic rings. The zero-order valence-electron chi connectivity index (χ0n) is 15.0. The van der Waals surface area contributed by atoms with Crippen LogP contribution in [0, 0.1) is 0 Å². The van der Waals surface area contributed by atoms with Crippen molar-refractivity contribution in [3.8, 4) is 5.75 Å². The van der Waals surface area contributed by atoms with E-state index in [4.69, 9.17) is 13.9 Å². The van der Waals surface area contributed by atoms with E-state index in [0.29, 0.717) is 17.8 Å². The standard InChI is InChI=1S/C20H23NO5/c1-20(2)17(25-19(23)21-14-5-3-4-6-14)10-13-9-12-7-8-18(22)24-15(12)11-16(13)26-20/h7-9,11,14,17H,3-6,10H2,1-2H3,(H,21,23). The van der Waals surface area contributed by atoms with Crippen molar-refractivity contribution in [1.82, 2.24) is 5.32 Å². The first-order chi connectivity index (χ1) is 12.4. The minimum Gasteiger partial charge on any atom is -0.484 e. The van der Waals surface area contributed by atoms with Crippen LogP contribution in [0.1, 0.15) is 45.1 Å². The van der Waals surface area contributed by atoms with E-state index >= 15 is 0 Å². The van der Waals surface area contributed by atoms with Gasteiger partial charge in [-0.05, 0) is 44.4 Å². The van der Waals surface area contributed by atoms with Crippen molar-refractivity contribution >= 4 is 17.1 Å². The van der Waals surface area contributed by atoms with E-state index < -0.39 is 17.3 Å². The zero-order valence-corrected chi connectivity index (χ0v) is 15.0. The number of ether oxygens (including phenoxy) is 2. The lowest BCUT2D eigenvalue weighted by atomic mass is 9.90. The number of carbonyl (C=O) groups excluding carboxylic acids is 1. The number of hydrogen-bond donors (Lipinski definition) is 1. The maximum atomic E-state index is 12.3. The van der Waals surface area contributed by atoms with Gasteiger partial charge in [-0.15, -0.1) is 0 Å². The van der Waals surface area contributed by atoms with E-state index in [-0.39, 0.29) is 12.1 Å². The molecule has 1 aliphatic heterocycles. The van der Waals surface area contributed by atoms with E-state index in [1.807, 2.05) is 19.9 Å². The molecular formula is C20H23NO5. The predicted octanol–water partition coefficient (Wildman–Crippen LogP) is 3.54. The van der Waals surface area contributed by atoms with E-state index in [2.05, 4.69) is 5.32 Å². The summed E-state index contributed by atoms with van der Waals surface area (Å²) in [6, 6.07) is 7.00. The third-order valence-corrected chi connectivity index (χ3v) is 5.28. The van der Waals surface area contributed by atoms with Gasteiger partial charge < -0.3 is 19.2 Å². The van der Waals surface area contributed by atoms with E-state index in [1.54, 1.807) is 12.1 Å². The average molecular weight is 357 g/mol. The number of alkyl carbamates (subject to hydrolysis) is 1. The van der Waals surface area contributed by atoms with Crippen molar-refractivity contribution in [3.63, 3.8) is 0 Å². The largest absolute Gasteiger partial charge is 0.484 e. The molecule has 6 nitrogen and oxygen atoms in total. The molecule has 0 radical (unpaired) electrons. The lowest BCUT2D eigenvalue weighted by Crippen LogP contribution is -2.50. The molecule has 138 valence electrons. The second-order valence-electron chi connectivity index (χ2n) is 7.68. The molecule has 1 aromatic heterocycles. The van der Waals surface area contributed by atoms with Crippen LogP contribution in [-0.2, 0) is 11.2 Å². The fourth-order valence-corrected chi connectivity index (χ4v) is 3.78. The Balaban J connectivity index is 1.55. The fraction of sp³-hybridized carbons (Fsp3) is 0.500. The molecule has 1 aliphatic carbocycles. The minimum atomic E-state index is -0.678. The summed E-state index contributed by atoms with van der Waals surface area (Å²) in [5.41, 5.74) is 0.356. The Bertz CT molecular complexity index is 895. The van der Waals surface area contributed by atoms with Crippen LogP contribution >= 0.6 is 0 Å². The quantitative estimate of drug-likeness (QED) is 0.832. The van der Waals surface area contributed by atoms with Crippen molar-refractivity contribution in [2.45, 2.75) is 63.7 Å². The first-order valence-electron chi connectivity index (χ1n) is 9.14. The van der Waals surface area contributed by atoms with Crippen LogP contribution in [0.2, 0.25) is 0 Å². The monoisotopic (exact) mass is 357 g/mol. The number of nitrogens with one attached hydrogen (secondary N) is 1.